The average Bonchev–Trinajstić information content (AvgIpc) is 2.75. The fourth-order valence-electron chi connectivity index (χ4n) is 3.66. The molecular formula is C23H29N3O3. The summed E-state index contributed by atoms with van der Waals surface area (Å²) >= 11 is 0. The number of nitrogens with one attached hydrogen (secondary N) is 2. The van der Waals surface area contributed by atoms with Gasteiger partial charge in [0.15, 0.2) is 0 Å². The van der Waals surface area contributed by atoms with Gasteiger partial charge in [-0.2, -0.15) is 0 Å². The van der Waals surface area contributed by atoms with E-state index < -0.39 is 0 Å². The third-order valence-corrected chi connectivity index (χ3v) is 5.37. The summed E-state index contributed by atoms with van der Waals surface area (Å²) in [5.74, 6) is 0.496. The van der Waals surface area contributed by atoms with Crippen LogP contribution < -0.4 is 15.4 Å². The van der Waals surface area contributed by atoms with Crippen molar-refractivity contribution in [3.8, 4) is 5.75 Å². The van der Waals surface area contributed by atoms with Crippen molar-refractivity contribution in [3.05, 3.63) is 54.1 Å². The largest absolute Gasteiger partial charge is 0.497 e. The van der Waals surface area contributed by atoms with E-state index in [4.69, 9.17) is 4.74 Å². The van der Waals surface area contributed by atoms with Gasteiger partial charge in [0.05, 0.1) is 13.7 Å². The Morgan fingerprint density at radius 2 is 1.52 bits per heavy atom. The molecule has 6 nitrogen and oxygen atoms in total. The average molecular weight is 396 g/mol. The van der Waals surface area contributed by atoms with Gasteiger partial charge in [0.25, 0.3) is 5.91 Å². The zero-order valence-electron chi connectivity index (χ0n) is 17.1. The molecule has 0 saturated heterocycles. The van der Waals surface area contributed by atoms with E-state index in [0.29, 0.717) is 29.5 Å². The molecule has 0 bridgehead atoms. The molecule has 6 heteroatoms. The van der Waals surface area contributed by atoms with Gasteiger partial charge >= 0.3 is 0 Å². The van der Waals surface area contributed by atoms with Crippen molar-refractivity contribution in [1.29, 1.82) is 0 Å². The number of methoxy groups -OCH3 is 1. The van der Waals surface area contributed by atoms with Crippen LogP contribution in [-0.2, 0) is 4.79 Å². The van der Waals surface area contributed by atoms with Crippen molar-refractivity contribution in [2.75, 3.05) is 31.3 Å². The number of carbonyl (C=O) groups is 2. The van der Waals surface area contributed by atoms with Gasteiger partial charge in [-0.25, -0.2) is 0 Å². The SMILES string of the molecule is COc1ccc(NC(=O)c2ccc(NC(=O)CN(C)C3CCCCC3)cc2)cc1. The number of rotatable bonds is 7. The number of ether oxygens (including phenoxy) is 1. The van der Waals surface area contributed by atoms with Crippen LogP contribution in [0.3, 0.4) is 0 Å². The van der Waals surface area contributed by atoms with Gasteiger partial charge in [-0.1, -0.05) is 19.3 Å². The predicted molar refractivity (Wildman–Crippen MR) is 116 cm³/mol. The summed E-state index contributed by atoms with van der Waals surface area (Å²) in [4.78, 5) is 26.9. The second-order valence-electron chi connectivity index (χ2n) is 7.52. The highest BCUT2D eigenvalue weighted by molar-refractivity contribution is 6.04. The minimum absolute atomic E-state index is 0.0338. The number of benzene rings is 2. The highest BCUT2D eigenvalue weighted by atomic mass is 16.5. The van der Waals surface area contributed by atoms with Gasteiger partial charge in [0.1, 0.15) is 5.75 Å². The molecule has 29 heavy (non-hydrogen) atoms. The standard InChI is InChI=1S/C23H29N3O3/c1-26(20-6-4-3-5-7-20)16-22(27)24-18-10-8-17(9-11-18)23(28)25-19-12-14-21(29-2)15-13-19/h8-15,20H,3-7,16H2,1-2H3,(H,24,27)(H,25,28). The van der Waals surface area contributed by atoms with Gasteiger partial charge in [-0.05, 0) is 68.4 Å². The summed E-state index contributed by atoms with van der Waals surface area (Å²) in [7, 11) is 3.62. The highest BCUT2D eigenvalue weighted by Gasteiger charge is 2.19. The number of amides is 2. The number of anilines is 2. The van der Waals surface area contributed by atoms with Crippen LogP contribution in [0.15, 0.2) is 48.5 Å². The number of nitrogens with zero attached hydrogens (tertiary/aromatic N) is 1. The van der Waals surface area contributed by atoms with E-state index in [9.17, 15) is 9.59 Å². The summed E-state index contributed by atoms with van der Waals surface area (Å²) in [6, 6.07) is 14.6. The van der Waals surface area contributed by atoms with E-state index in [1.54, 1.807) is 55.6 Å². The number of hydrogen-bond acceptors (Lipinski definition) is 4. The van der Waals surface area contributed by atoms with E-state index in [-0.39, 0.29) is 11.8 Å². The number of likely N-dealkylation sites (N-methyl/N-ethyl adjacent to an activating group) is 1. The van der Waals surface area contributed by atoms with Gasteiger partial charge in [0, 0.05) is 23.0 Å². The van der Waals surface area contributed by atoms with Crippen LogP contribution in [-0.4, -0.2) is 43.5 Å². The molecule has 2 N–H and O–H groups in total. The molecule has 0 atom stereocenters. The van der Waals surface area contributed by atoms with Crippen LogP contribution in [0.2, 0.25) is 0 Å². The van der Waals surface area contributed by atoms with Crippen molar-refractivity contribution >= 4 is 23.2 Å². The first kappa shape index (κ1) is 20.9. The molecule has 0 unspecified atom stereocenters. The van der Waals surface area contributed by atoms with Crippen molar-refractivity contribution in [1.82, 2.24) is 4.90 Å². The molecule has 0 aliphatic heterocycles. The van der Waals surface area contributed by atoms with Crippen molar-refractivity contribution in [3.63, 3.8) is 0 Å². The lowest BCUT2D eigenvalue weighted by molar-refractivity contribution is -0.117. The van der Waals surface area contributed by atoms with Crippen molar-refractivity contribution < 1.29 is 14.3 Å². The summed E-state index contributed by atoms with van der Waals surface area (Å²) < 4.78 is 5.11. The molecule has 0 aromatic heterocycles. The second-order valence-corrected chi connectivity index (χ2v) is 7.52. The zero-order valence-corrected chi connectivity index (χ0v) is 17.1. The first-order valence-electron chi connectivity index (χ1n) is 10.1. The molecule has 3 rings (SSSR count). The smallest absolute Gasteiger partial charge is 0.255 e. The normalized spacial score (nSPS) is 14.4. The van der Waals surface area contributed by atoms with Crippen molar-refractivity contribution in [2.24, 2.45) is 0 Å². The van der Waals surface area contributed by atoms with Crippen LogP contribution in [0, 0.1) is 0 Å². The van der Waals surface area contributed by atoms with Gasteiger partial charge in [0.2, 0.25) is 5.91 Å². The minimum Gasteiger partial charge on any atom is -0.497 e. The van der Waals surface area contributed by atoms with Crippen LogP contribution in [0.1, 0.15) is 42.5 Å². The number of carbonyl (C=O) groups excluding carboxylic acids is 2. The van der Waals surface area contributed by atoms with Crippen LogP contribution in [0.25, 0.3) is 0 Å². The first-order valence-corrected chi connectivity index (χ1v) is 10.1. The number of hydrogen-bond donors (Lipinski definition) is 2. The second kappa shape index (κ2) is 10.1. The Labute approximate surface area is 172 Å². The fourth-order valence-corrected chi connectivity index (χ4v) is 3.66. The molecule has 1 aliphatic carbocycles. The monoisotopic (exact) mass is 395 g/mol. The molecule has 1 saturated carbocycles. The maximum absolute atomic E-state index is 12.4. The molecule has 2 aromatic carbocycles. The lowest BCUT2D eigenvalue weighted by Crippen LogP contribution is -2.39. The molecule has 154 valence electrons. The Morgan fingerprint density at radius 1 is 0.931 bits per heavy atom. The lowest BCUT2D eigenvalue weighted by Gasteiger charge is -2.30. The quantitative estimate of drug-likeness (QED) is 0.739. The Hall–Kier alpha value is -2.86. The highest BCUT2D eigenvalue weighted by Crippen LogP contribution is 2.21. The van der Waals surface area contributed by atoms with Crippen LogP contribution in [0.4, 0.5) is 11.4 Å². The molecular weight excluding hydrogens is 366 g/mol. The summed E-state index contributed by atoms with van der Waals surface area (Å²) in [6.07, 6.45) is 6.13. The molecule has 1 aliphatic rings. The van der Waals surface area contributed by atoms with Gasteiger partial charge < -0.3 is 15.4 Å². The predicted octanol–water partition coefficient (Wildman–Crippen LogP) is 4.15. The van der Waals surface area contributed by atoms with Gasteiger partial charge in [-0.15, -0.1) is 0 Å². The molecule has 1 fully saturated rings. The Balaban J connectivity index is 1.50. The van der Waals surface area contributed by atoms with Gasteiger partial charge in [-0.3, -0.25) is 14.5 Å². The maximum atomic E-state index is 12.4. The first-order chi connectivity index (χ1) is 14.0. The van der Waals surface area contributed by atoms with E-state index in [1.165, 1.54) is 32.1 Å². The third kappa shape index (κ3) is 6.06. The molecule has 2 aromatic rings. The molecule has 0 spiro atoms. The van der Waals surface area contributed by atoms with Crippen molar-refractivity contribution in [2.45, 2.75) is 38.1 Å². The van der Waals surface area contributed by atoms with E-state index in [0.717, 1.165) is 5.75 Å². The Morgan fingerprint density at radius 3 is 2.14 bits per heavy atom. The topological polar surface area (TPSA) is 70.7 Å². The Kier molecular flexibility index (Phi) is 7.25. The lowest BCUT2D eigenvalue weighted by atomic mass is 9.94. The fraction of sp³-hybridized carbons (Fsp3) is 0.391. The summed E-state index contributed by atoms with van der Waals surface area (Å²) in [6.45, 7) is 0.379. The third-order valence-electron chi connectivity index (χ3n) is 5.37. The molecule has 0 heterocycles. The zero-order chi connectivity index (χ0) is 20.6. The summed E-state index contributed by atoms with van der Waals surface area (Å²) in [5, 5.41) is 5.76. The Bertz CT molecular complexity index is 812. The molecule has 2 amide bonds. The van der Waals surface area contributed by atoms with Crippen LogP contribution >= 0.6 is 0 Å². The molecule has 0 radical (unpaired) electrons. The van der Waals surface area contributed by atoms with Crippen LogP contribution in [0.5, 0.6) is 5.75 Å². The maximum Gasteiger partial charge on any atom is 0.255 e. The summed E-state index contributed by atoms with van der Waals surface area (Å²) in [5.41, 5.74) is 1.91. The van der Waals surface area contributed by atoms with E-state index in [2.05, 4.69) is 15.5 Å². The van der Waals surface area contributed by atoms with E-state index in [1.807, 2.05) is 7.05 Å². The minimum atomic E-state index is -0.204. The van der Waals surface area contributed by atoms with E-state index >= 15 is 0 Å².